The third-order valence-corrected chi connectivity index (χ3v) is 4.29. The zero-order valence-corrected chi connectivity index (χ0v) is 15.6. The summed E-state index contributed by atoms with van der Waals surface area (Å²) in [6.07, 6.45) is 2.56. The van der Waals surface area contributed by atoms with Crippen LogP contribution in [0.15, 0.2) is 0 Å². The molecule has 1 unspecified atom stereocenters. The van der Waals surface area contributed by atoms with Crippen molar-refractivity contribution in [1.82, 2.24) is 14.7 Å². The number of carbonyl (C=O) groups is 2. The second-order valence-electron chi connectivity index (χ2n) is 5.92. The van der Waals surface area contributed by atoms with Crippen LogP contribution in [0.5, 0.6) is 0 Å². The molecule has 0 bridgehead atoms. The molecule has 0 aliphatic carbocycles. The summed E-state index contributed by atoms with van der Waals surface area (Å²) in [7, 11) is 0. The van der Waals surface area contributed by atoms with Gasteiger partial charge in [0.1, 0.15) is 0 Å². The van der Waals surface area contributed by atoms with E-state index in [2.05, 4.69) is 4.90 Å². The molecule has 7 heteroatoms. The van der Waals surface area contributed by atoms with E-state index in [-0.39, 0.29) is 30.3 Å². The molecule has 0 radical (unpaired) electrons. The van der Waals surface area contributed by atoms with Gasteiger partial charge in [0.25, 0.3) is 0 Å². The van der Waals surface area contributed by atoms with Gasteiger partial charge < -0.3 is 15.5 Å². The molecular formula is C16H33ClN4O2. The van der Waals surface area contributed by atoms with Crippen molar-refractivity contribution in [3.63, 3.8) is 0 Å². The Morgan fingerprint density at radius 2 is 1.74 bits per heavy atom. The lowest BCUT2D eigenvalue weighted by molar-refractivity contribution is -0.132. The molecule has 2 amide bonds. The van der Waals surface area contributed by atoms with Crippen molar-refractivity contribution in [3.05, 3.63) is 0 Å². The Bertz CT molecular complexity index is 364. The van der Waals surface area contributed by atoms with Crippen LogP contribution in [0, 0.1) is 0 Å². The standard InChI is InChI=1S/C16H32N4O2.ClH/c1-4-8-14(17)16(22)20-10-7-9-18(11-12-20)13-15(21)19(5-2)6-3;/h14H,4-13,17H2,1-3H3;1H. The normalized spacial score (nSPS) is 17.1. The first-order valence-corrected chi connectivity index (χ1v) is 8.57. The monoisotopic (exact) mass is 348 g/mol. The zero-order chi connectivity index (χ0) is 16.5. The molecule has 136 valence electrons. The minimum Gasteiger partial charge on any atom is -0.342 e. The van der Waals surface area contributed by atoms with Crippen LogP contribution in [-0.4, -0.2) is 78.4 Å². The third-order valence-electron chi connectivity index (χ3n) is 4.29. The molecule has 0 aromatic heterocycles. The van der Waals surface area contributed by atoms with Gasteiger partial charge in [0.15, 0.2) is 0 Å². The second-order valence-corrected chi connectivity index (χ2v) is 5.92. The predicted octanol–water partition coefficient (Wildman–Crippen LogP) is 0.938. The molecule has 1 rings (SSSR count). The Balaban J connectivity index is 0.00000484. The summed E-state index contributed by atoms with van der Waals surface area (Å²) in [6, 6.07) is -0.381. The number of nitrogens with zero attached hydrogens (tertiary/aromatic N) is 3. The predicted molar refractivity (Wildman–Crippen MR) is 95.7 cm³/mol. The summed E-state index contributed by atoms with van der Waals surface area (Å²) < 4.78 is 0. The van der Waals surface area contributed by atoms with Crippen LogP contribution in [0.4, 0.5) is 0 Å². The number of halogens is 1. The van der Waals surface area contributed by atoms with Gasteiger partial charge in [-0.25, -0.2) is 0 Å². The first-order valence-electron chi connectivity index (χ1n) is 8.57. The largest absolute Gasteiger partial charge is 0.342 e. The summed E-state index contributed by atoms with van der Waals surface area (Å²) in [5, 5.41) is 0. The molecule has 1 heterocycles. The van der Waals surface area contributed by atoms with Crippen LogP contribution in [0.25, 0.3) is 0 Å². The highest BCUT2D eigenvalue weighted by Gasteiger charge is 2.24. The molecule has 0 aromatic rings. The van der Waals surface area contributed by atoms with Crippen molar-refractivity contribution in [2.75, 3.05) is 45.8 Å². The highest BCUT2D eigenvalue weighted by atomic mass is 35.5. The number of carbonyl (C=O) groups excluding carboxylic acids is 2. The summed E-state index contributed by atoms with van der Waals surface area (Å²) >= 11 is 0. The molecule has 2 N–H and O–H groups in total. The molecule has 1 fully saturated rings. The van der Waals surface area contributed by atoms with Gasteiger partial charge in [-0.2, -0.15) is 0 Å². The number of hydrogen-bond donors (Lipinski definition) is 1. The Hall–Kier alpha value is -0.850. The molecule has 1 aliphatic rings. The molecule has 1 saturated heterocycles. The first-order chi connectivity index (χ1) is 10.5. The Morgan fingerprint density at radius 3 is 2.30 bits per heavy atom. The van der Waals surface area contributed by atoms with E-state index in [9.17, 15) is 9.59 Å². The fourth-order valence-electron chi connectivity index (χ4n) is 2.89. The molecule has 0 aromatic carbocycles. The van der Waals surface area contributed by atoms with E-state index in [1.165, 1.54) is 0 Å². The van der Waals surface area contributed by atoms with Crippen molar-refractivity contribution in [3.8, 4) is 0 Å². The van der Waals surface area contributed by atoms with Gasteiger partial charge in [0.2, 0.25) is 11.8 Å². The topological polar surface area (TPSA) is 69.9 Å². The Kier molecular flexibility index (Phi) is 11.2. The van der Waals surface area contributed by atoms with Crippen LogP contribution in [0.2, 0.25) is 0 Å². The lowest BCUT2D eigenvalue weighted by atomic mass is 10.1. The van der Waals surface area contributed by atoms with Crippen molar-refractivity contribution in [1.29, 1.82) is 0 Å². The van der Waals surface area contributed by atoms with Crippen molar-refractivity contribution < 1.29 is 9.59 Å². The van der Waals surface area contributed by atoms with Crippen LogP contribution in [0.1, 0.15) is 40.0 Å². The molecular weight excluding hydrogens is 316 g/mol. The Morgan fingerprint density at radius 1 is 1.09 bits per heavy atom. The number of amides is 2. The molecule has 1 aliphatic heterocycles. The summed E-state index contributed by atoms with van der Waals surface area (Å²) in [5.41, 5.74) is 5.94. The Labute approximate surface area is 146 Å². The number of nitrogens with two attached hydrogens (primary N) is 1. The van der Waals surface area contributed by atoms with E-state index >= 15 is 0 Å². The van der Waals surface area contributed by atoms with Crippen LogP contribution >= 0.6 is 12.4 Å². The minimum atomic E-state index is -0.381. The fraction of sp³-hybridized carbons (Fsp3) is 0.875. The van der Waals surface area contributed by atoms with Gasteiger partial charge >= 0.3 is 0 Å². The average molecular weight is 349 g/mol. The van der Waals surface area contributed by atoms with E-state index < -0.39 is 0 Å². The van der Waals surface area contributed by atoms with E-state index in [1.54, 1.807) is 0 Å². The van der Waals surface area contributed by atoms with E-state index in [4.69, 9.17) is 5.73 Å². The summed E-state index contributed by atoms with van der Waals surface area (Å²) in [5.74, 6) is 0.228. The molecule has 1 atom stereocenters. The first kappa shape index (κ1) is 22.1. The zero-order valence-electron chi connectivity index (χ0n) is 14.8. The molecule has 23 heavy (non-hydrogen) atoms. The van der Waals surface area contributed by atoms with E-state index in [1.807, 2.05) is 30.6 Å². The van der Waals surface area contributed by atoms with Gasteiger partial charge in [-0.15, -0.1) is 12.4 Å². The lowest BCUT2D eigenvalue weighted by Crippen LogP contribution is -2.46. The third kappa shape index (κ3) is 7.06. The summed E-state index contributed by atoms with van der Waals surface area (Å²) in [6.45, 7) is 11.0. The minimum absolute atomic E-state index is 0. The van der Waals surface area contributed by atoms with Crippen LogP contribution in [0.3, 0.4) is 0 Å². The van der Waals surface area contributed by atoms with Crippen molar-refractivity contribution in [2.24, 2.45) is 5.73 Å². The quantitative estimate of drug-likeness (QED) is 0.743. The molecule has 6 nitrogen and oxygen atoms in total. The van der Waals surface area contributed by atoms with Crippen molar-refractivity contribution >= 4 is 24.2 Å². The van der Waals surface area contributed by atoms with Gasteiger partial charge in [0.05, 0.1) is 12.6 Å². The highest BCUT2D eigenvalue weighted by Crippen LogP contribution is 2.07. The van der Waals surface area contributed by atoms with Gasteiger partial charge in [-0.05, 0) is 26.7 Å². The maximum atomic E-state index is 12.3. The summed E-state index contributed by atoms with van der Waals surface area (Å²) in [4.78, 5) is 30.3. The van der Waals surface area contributed by atoms with Gasteiger partial charge in [-0.3, -0.25) is 14.5 Å². The molecule has 0 spiro atoms. The lowest BCUT2D eigenvalue weighted by Gasteiger charge is -2.26. The van der Waals surface area contributed by atoms with E-state index in [0.29, 0.717) is 13.1 Å². The SMILES string of the molecule is CCCC(N)C(=O)N1CCCN(CC(=O)N(CC)CC)CC1.Cl. The van der Waals surface area contributed by atoms with E-state index in [0.717, 1.165) is 52.0 Å². The van der Waals surface area contributed by atoms with Crippen molar-refractivity contribution in [2.45, 2.75) is 46.1 Å². The average Bonchev–Trinajstić information content (AvgIpc) is 2.73. The number of likely N-dealkylation sites (N-methyl/N-ethyl adjacent to an activating group) is 1. The second kappa shape index (κ2) is 11.6. The number of rotatable bonds is 7. The van der Waals surface area contributed by atoms with Gasteiger partial charge in [-0.1, -0.05) is 13.3 Å². The maximum Gasteiger partial charge on any atom is 0.239 e. The van der Waals surface area contributed by atoms with Crippen LogP contribution < -0.4 is 5.73 Å². The van der Waals surface area contributed by atoms with Gasteiger partial charge in [0, 0.05) is 39.3 Å². The maximum absolute atomic E-state index is 12.3. The fourth-order valence-corrected chi connectivity index (χ4v) is 2.89. The smallest absolute Gasteiger partial charge is 0.239 e. The number of hydrogen-bond acceptors (Lipinski definition) is 4. The molecule has 0 saturated carbocycles. The highest BCUT2D eigenvalue weighted by molar-refractivity contribution is 5.85. The van der Waals surface area contributed by atoms with Crippen LogP contribution in [-0.2, 0) is 9.59 Å².